The van der Waals surface area contributed by atoms with E-state index in [2.05, 4.69) is 0 Å². The number of alkyl halides is 3. The quantitative estimate of drug-likeness (QED) is 0.663. The lowest BCUT2D eigenvalue weighted by Crippen LogP contribution is -2.09. The van der Waals surface area contributed by atoms with Crippen LogP contribution in [0.3, 0.4) is 0 Å². The third-order valence-electron chi connectivity index (χ3n) is 3.04. The second kappa shape index (κ2) is 7.25. The molecule has 0 fully saturated rings. The minimum absolute atomic E-state index is 0.0672. The molecule has 1 unspecified atom stereocenters. The van der Waals surface area contributed by atoms with E-state index in [1.807, 2.05) is 0 Å². The highest BCUT2D eigenvalue weighted by Crippen LogP contribution is 2.49. The normalized spacial score (nSPS) is 13.6. The first-order chi connectivity index (χ1) is 11.3. The van der Waals surface area contributed by atoms with Gasteiger partial charge in [-0.15, -0.1) is 0 Å². The van der Waals surface area contributed by atoms with Crippen molar-refractivity contribution in [2.24, 2.45) is 0 Å². The van der Waals surface area contributed by atoms with Crippen LogP contribution in [-0.4, -0.2) is 6.16 Å². The third-order valence-corrected chi connectivity index (χ3v) is 6.01. The van der Waals surface area contributed by atoms with Crippen LogP contribution in [-0.2, 0) is 18.0 Å². The predicted octanol–water partition coefficient (Wildman–Crippen LogP) is 5.36. The number of rotatable bonds is 5. The smallest absolute Gasteiger partial charge is 0.417 e. The van der Waals surface area contributed by atoms with Crippen molar-refractivity contribution < 1.29 is 22.2 Å². The second-order valence-corrected chi connectivity index (χ2v) is 8.63. The highest BCUT2D eigenvalue weighted by atomic mass is 32.5. The molecule has 3 nitrogen and oxygen atoms in total. The molecule has 8 heteroatoms. The van der Waals surface area contributed by atoms with Crippen molar-refractivity contribution in [2.75, 3.05) is 6.16 Å². The molecule has 24 heavy (non-hydrogen) atoms. The fourth-order valence-corrected chi connectivity index (χ4v) is 3.55. The molecule has 2 aromatic carbocycles. The van der Waals surface area contributed by atoms with Gasteiger partial charge in [-0.25, -0.2) is 0 Å². The number of halogens is 3. The number of para-hydroxylation sites is 1. The summed E-state index contributed by atoms with van der Waals surface area (Å²) in [5.74, 6) is 0.426. The van der Waals surface area contributed by atoms with E-state index in [-0.39, 0.29) is 5.75 Å². The van der Waals surface area contributed by atoms with Gasteiger partial charge in [0.05, 0.1) is 17.2 Å². The highest BCUT2D eigenvalue weighted by Gasteiger charge is 2.34. The molecule has 0 amide bonds. The van der Waals surface area contributed by atoms with Gasteiger partial charge in [-0.1, -0.05) is 25.1 Å². The highest BCUT2D eigenvalue weighted by molar-refractivity contribution is 8.10. The zero-order chi connectivity index (χ0) is 17.8. The Bertz CT molecular complexity index is 803. The van der Waals surface area contributed by atoms with Gasteiger partial charge < -0.3 is 9.05 Å². The van der Waals surface area contributed by atoms with Crippen molar-refractivity contribution in [3.63, 3.8) is 0 Å². The van der Waals surface area contributed by atoms with Gasteiger partial charge in [0.25, 0.3) is 6.49 Å². The molecule has 0 heterocycles. The fourth-order valence-electron chi connectivity index (χ4n) is 1.86. The third kappa shape index (κ3) is 4.50. The van der Waals surface area contributed by atoms with Crippen molar-refractivity contribution in [1.82, 2.24) is 0 Å². The summed E-state index contributed by atoms with van der Waals surface area (Å²) in [5, 5.41) is 8.82. The molecule has 2 aromatic rings. The average molecular weight is 371 g/mol. The molecule has 126 valence electrons. The zero-order valence-corrected chi connectivity index (χ0v) is 14.3. The molecule has 0 aromatic heterocycles. The van der Waals surface area contributed by atoms with Crippen molar-refractivity contribution in [3.8, 4) is 17.6 Å². The molecule has 0 radical (unpaired) electrons. The Morgan fingerprint density at radius 2 is 1.71 bits per heavy atom. The summed E-state index contributed by atoms with van der Waals surface area (Å²) in [7, 11) is 0. The summed E-state index contributed by atoms with van der Waals surface area (Å²) in [5.41, 5.74) is -1.52. The Labute approximate surface area is 142 Å². The van der Waals surface area contributed by atoms with Crippen LogP contribution in [0.4, 0.5) is 13.2 Å². The first kappa shape index (κ1) is 18.3. The number of nitriles is 1. The number of benzene rings is 2. The van der Waals surface area contributed by atoms with Gasteiger partial charge in [-0.05, 0) is 42.1 Å². The van der Waals surface area contributed by atoms with Crippen LogP contribution in [0, 0.1) is 11.3 Å². The van der Waals surface area contributed by atoms with E-state index >= 15 is 0 Å². The average Bonchev–Trinajstić information content (AvgIpc) is 2.55. The van der Waals surface area contributed by atoms with E-state index < -0.39 is 23.8 Å². The summed E-state index contributed by atoms with van der Waals surface area (Å²) < 4.78 is 50.3. The maximum absolute atomic E-state index is 13.0. The van der Waals surface area contributed by atoms with Crippen LogP contribution in [0.15, 0.2) is 48.5 Å². The summed E-state index contributed by atoms with van der Waals surface area (Å²) in [6, 6.07) is 13.4. The first-order valence-electron chi connectivity index (χ1n) is 6.92. The standard InChI is InChI=1S/C16H13F3NO2PS/c1-2-23(24,21-13-6-4-3-5-7-13)22-14-9-8-12(11-20)15(10-14)16(17,18)19/h3-10H,2H2,1H3. The minimum atomic E-state index is -4.65. The predicted molar refractivity (Wildman–Crippen MR) is 88.7 cm³/mol. The van der Waals surface area contributed by atoms with Crippen LogP contribution in [0.5, 0.6) is 11.5 Å². The summed E-state index contributed by atoms with van der Waals surface area (Å²) >= 11 is 5.39. The van der Waals surface area contributed by atoms with E-state index in [0.29, 0.717) is 11.9 Å². The monoisotopic (exact) mass is 371 g/mol. The van der Waals surface area contributed by atoms with Gasteiger partial charge in [0, 0.05) is 6.16 Å². The Morgan fingerprint density at radius 3 is 2.25 bits per heavy atom. The lowest BCUT2D eigenvalue weighted by molar-refractivity contribution is -0.137. The van der Waals surface area contributed by atoms with E-state index in [9.17, 15) is 13.2 Å². The number of hydrogen-bond acceptors (Lipinski definition) is 4. The van der Waals surface area contributed by atoms with Crippen LogP contribution >= 0.6 is 6.49 Å². The van der Waals surface area contributed by atoms with Gasteiger partial charge in [0.1, 0.15) is 11.5 Å². The Kier molecular flexibility index (Phi) is 5.53. The number of nitrogens with zero attached hydrogens (tertiary/aromatic N) is 1. The molecule has 0 aliphatic carbocycles. The summed E-state index contributed by atoms with van der Waals surface area (Å²) in [6.07, 6.45) is -4.32. The molecule has 0 spiro atoms. The van der Waals surface area contributed by atoms with Crippen molar-refractivity contribution >= 4 is 18.3 Å². The maximum atomic E-state index is 13.0. The molecule has 1 atom stereocenters. The van der Waals surface area contributed by atoms with Crippen molar-refractivity contribution in [3.05, 3.63) is 59.7 Å². The fraction of sp³-hybridized carbons (Fsp3) is 0.188. The molecule has 0 N–H and O–H groups in total. The molecule has 2 rings (SSSR count). The zero-order valence-electron chi connectivity index (χ0n) is 12.6. The molecule has 0 aliphatic heterocycles. The van der Waals surface area contributed by atoms with Crippen molar-refractivity contribution in [1.29, 1.82) is 5.26 Å². The largest absolute Gasteiger partial charge is 0.435 e. The van der Waals surface area contributed by atoms with Crippen LogP contribution < -0.4 is 9.05 Å². The van der Waals surface area contributed by atoms with Gasteiger partial charge in [0.15, 0.2) is 0 Å². The maximum Gasteiger partial charge on any atom is 0.417 e. The Hall–Kier alpha value is -2.03. The Morgan fingerprint density at radius 1 is 1.08 bits per heavy atom. The van der Waals surface area contributed by atoms with E-state index in [4.69, 9.17) is 26.1 Å². The van der Waals surface area contributed by atoms with E-state index in [1.54, 1.807) is 37.3 Å². The van der Waals surface area contributed by atoms with E-state index in [0.717, 1.165) is 12.1 Å². The van der Waals surface area contributed by atoms with E-state index in [1.165, 1.54) is 12.1 Å². The molecule has 0 aliphatic rings. The molecular weight excluding hydrogens is 358 g/mol. The minimum Gasteiger partial charge on any atom is -0.435 e. The van der Waals surface area contributed by atoms with Crippen LogP contribution in [0.25, 0.3) is 0 Å². The molecule has 0 saturated carbocycles. The second-order valence-electron chi connectivity index (χ2n) is 4.74. The summed E-state index contributed by atoms with van der Waals surface area (Å²) in [4.78, 5) is 0. The van der Waals surface area contributed by atoms with Crippen molar-refractivity contribution in [2.45, 2.75) is 13.1 Å². The SMILES string of the molecule is CCP(=S)(Oc1ccccc1)Oc1ccc(C#N)c(C(F)(F)F)c1. The topological polar surface area (TPSA) is 42.2 Å². The summed E-state index contributed by atoms with van der Waals surface area (Å²) in [6.45, 7) is -1.11. The van der Waals surface area contributed by atoms with Gasteiger partial charge >= 0.3 is 6.18 Å². The van der Waals surface area contributed by atoms with Crippen LogP contribution in [0.1, 0.15) is 18.1 Å². The van der Waals surface area contributed by atoms with Crippen LogP contribution in [0.2, 0.25) is 0 Å². The molecule has 0 saturated heterocycles. The number of hydrogen-bond donors (Lipinski definition) is 0. The lowest BCUT2D eigenvalue weighted by Gasteiger charge is -2.23. The molecule has 0 bridgehead atoms. The first-order valence-corrected chi connectivity index (χ1v) is 9.74. The van der Waals surface area contributed by atoms with Gasteiger partial charge in [-0.3, -0.25) is 0 Å². The lowest BCUT2D eigenvalue weighted by atomic mass is 10.1. The molecular formula is C16H13F3NO2PS. The van der Waals surface area contributed by atoms with Gasteiger partial charge in [0.2, 0.25) is 0 Å². The van der Waals surface area contributed by atoms with Gasteiger partial charge in [-0.2, -0.15) is 18.4 Å². The Balaban J connectivity index is 2.31.